The summed E-state index contributed by atoms with van der Waals surface area (Å²) in [7, 11) is -2.42. The summed E-state index contributed by atoms with van der Waals surface area (Å²) in [6.45, 7) is 6.57. The molecule has 1 aromatic carbocycles. The molecule has 16 nitrogen and oxygen atoms in total. The zero-order valence-electron chi connectivity index (χ0n) is 32.6. The number of carbonyl (C=O) groups excluding carboxylic acids is 5. The Bertz CT molecular complexity index is 2110. The number of ether oxygens (including phenoxy) is 4. The molecule has 1 aromatic heterocycles. The maximum atomic E-state index is 14.7. The zero-order valence-corrected chi connectivity index (χ0v) is 33.4. The number of methoxy groups -OCH3 is 1. The molecule has 0 spiro atoms. The smallest absolute Gasteiger partial charge is 0.408 e. The topological polar surface area (TPSA) is 209 Å². The van der Waals surface area contributed by atoms with Crippen molar-refractivity contribution in [3.8, 4) is 11.6 Å². The second-order valence-corrected chi connectivity index (χ2v) is 17.6. The van der Waals surface area contributed by atoms with E-state index in [2.05, 4.69) is 20.3 Å². The SMILES string of the molecule is C/C=C/C(=O)OC1/C=C/C=C\C2C[C@@]2(C(=O)NS(=O)(=O)C2CC2)NC(=O)[C@@H]2C[C@@H](Oc3nccc4cc(OC)ccc34)CN2C(=O)[C@@H](NC(=O)OC(C)(C)C)CC1. The Morgan fingerprint density at radius 3 is 2.51 bits per heavy atom. The van der Waals surface area contributed by atoms with Crippen LogP contribution in [0.4, 0.5) is 4.79 Å². The average Bonchev–Trinajstić information content (AvgIpc) is 4.07. The summed E-state index contributed by atoms with van der Waals surface area (Å²) < 4.78 is 50.9. The minimum atomic E-state index is -3.97. The van der Waals surface area contributed by atoms with Crippen molar-refractivity contribution in [2.24, 2.45) is 5.92 Å². The number of esters is 1. The highest BCUT2D eigenvalue weighted by molar-refractivity contribution is 7.91. The van der Waals surface area contributed by atoms with Gasteiger partial charge in [0, 0.05) is 30.0 Å². The largest absolute Gasteiger partial charge is 0.497 e. The first-order chi connectivity index (χ1) is 27.0. The molecule has 2 aliphatic carbocycles. The van der Waals surface area contributed by atoms with E-state index in [-0.39, 0.29) is 38.1 Å². The van der Waals surface area contributed by atoms with E-state index in [9.17, 15) is 32.4 Å². The molecule has 3 fully saturated rings. The summed E-state index contributed by atoms with van der Waals surface area (Å²) in [6, 6.07) is 4.67. The Labute approximate surface area is 331 Å². The third-order valence-electron chi connectivity index (χ3n) is 10.1. The number of nitrogens with one attached hydrogen (secondary N) is 3. The van der Waals surface area contributed by atoms with Gasteiger partial charge in [-0.25, -0.2) is 23.0 Å². The summed E-state index contributed by atoms with van der Waals surface area (Å²) >= 11 is 0. The zero-order chi connectivity index (χ0) is 41.1. The number of benzene rings is 1. The van der Waals surface area contributed by atoms with Crippen LogP contribution < -0.4 is 24.8 Å². The third kappa shape index (κ3) is 9.93. The first kappa shape index (κ1) is 41.2. The van der Waals surface area contributed by atoms with Crippen molar-refractivity contribution in [3.05, 3.63) is 66.9 Å². The Morgan fingerprint density at radius 2 is 1.81 bits per heavy atom. The van der Waals surface area contributed by atoms with Gasteiger partial charge in [-0.05, 0) is 95.5 Å². The molecule has 2 unspecified atom stereocenters. The summed E-state index contributed by atoms with van der Waals surface area (Å²) in [5, 5.41) is 6.23. The van der Waals surface area contributed by atoms with Gasteiger partial charge in [0.15, 0.2) is 0 Å². The molecule has 3 heterocycles. The fraction of sp³-hybridized carbons (Fsp3) is 0.500. The summed E-state index contributed by atoms with van der Waals surface area (Å²) in [5.74, 6) is -2.59. The van der Waals surface area contributed by atoms with Crippen LogP contribution in [0.3, 0.4) is 0 Å². The molecule has 6 atom stereocenters. The minimum Gasteiger partial charge on any atom is -0.497 e. The number of nitrogens with zero attached hydrogens (tertiary/aromatic N) is 2. The molecular weight excluding hydrogens is 759 g/mol. The van der Waals surface area contributed by atoms with Gasteiger partial charge in [0.05, 0.1) is 18.9 Å². The van der Waals surface area contributed by atoms with Crippen molar-refractivity contribution in [1.82, 2.24) is 25.2 Å². The van der Waals surface area contributed by atoms with Crippen LogP contribution in [0.5, 0.6) is 11.6 Å². The molecule has 3 N–H and O–H groups in total. The highest BCUT2D eigenvalue weighted by Crippen LogP contribution is 2.46. The Balaban J connectivity index is 1.36. The number of fused-ring (bicyclic) bond motifs is 3. The van der Waals surface area contributed by atoms with Crippen molar-refractivity contribution in [1.29, 1.82) is 0 Å². The minimum absolute atomic E-state index is 0.0308. The van der Waals surface area contributed by atoms with Gasteiger partial charge in [0.1, 0.15) is 41.2 Å². The van der Waals surface area contributed by atoms with Crippen LogP contribution in [0.15, 0.2) is 66.9 Å². The van der Waals surface area contributed by atoms with Crippen LogP contribution in [-0.2, 0) is 38.7 Å². The van der Waals surface area contributed by atoms with Crippen molar-refractivity contribution in [3.63, 3.8) is 0 Å². The van der Waals surface area contributed by atoms with Gasteiger partial charge < -0.3 is 34.5 Å². The maximum Gasteiger partial charge on any atom is 0.408 e. The predicted molar refractivity (Wildman–Crippen MR) is 207 cm³/mol. The monoisotopic (exact) mass is 807 g/mol. The first-order valence-corrected chi connectivity index (χ1v) is 20.5. The van der Waals surface area contributed by atoms with E-state index in [0.29, 0.717) is 24.0 Å². The van der Waals surface area contributed by atoms with E-state index in [1.807, 2.05) is 6.07 Å². The number of hydrogen-bond donors (Lipinski definition) is 3. The standard InChI is InChI=1S/C40H49N5O11S/c1-6-9-33(46)54-26-11-8-7-10-25-22-40(25,37(49)44-57(51,52)29-14-15-29)43-34(47)32-21-28(55-35-30-16-12-27(53-5)20-24(30)18-19-41-35)23-45(32)36(48)31(17-13-26)42-38(50)56-39(2,3)4/h6-12,16,18-20,25-26,28-29,31-32H,13-15,17,21-23H2,1-5H3,(H,42,50)(H,43,47)(H,44,49)/b9-6+,10-7-,11-8+/t25?,26?,28-,31+,32+,40-/m1/s1. The van der Waals surface area contributed by atoms with Crippen molar-refractivity contribution in [2.45, 2.75) is 107 Å². The Morgan fingerprint density at radius 1 is 1.05 bits per heavy atom. The van der Waals surface area contributed by atoms with Crippen LogP contribution >= 0.6 is 0 Å². The molecule has 306 valence electrons. The summed E-state index contributed by atoms with van der Waals surface area (Å²) in [6.07, 6.45) is 9.28. The van der Waals surface area contributed by atoms with Crippen molar-refractivity contribution < 1.29 is 51.3 Å². The molecule has 1 saturated heterocycles. The van der Waals surface area contributed by atoms with Crippen molar-refractivity contribution in [2.75, 3.05) is 13.7 Å². The molecule has 2 aromatic rings. The van der Waals surface area contributed by atoms with E-state index in [0.717, 1.165) is 5.39 Å². The van der Waals surface area contributed by atoms with Gasteiger partial charge in [-0.2, -0.15) is 0 Å². The number of alkyl carbamates (subject to hydrolysis) is 1. The molecular formula is C40H49N5O11S. The van der Waals surface area contributed by atoms with Gasteiger partial charge in [0.2, 0.25) is 27.7 Å². The quantitative estimate of drug-likeness (QED) is 0.246. The number of sulfonamides is 1. The average molecular weight is 808 g/mol. The molecule has 0 radical (unpaired) electrons. The van der Waals surface area contributed by atoms with Gasteiger partial charge in [0.25, 0.3) is 5.91 Å². The van der Waals surface area contributed by atoms with Crippen LogP contribution in [0.2, 0.25) is 0 Å². The number of pyridine rings is 1. The lowest BCUT2D eigenvalue weighted by atomic mass is 10.0. The molecule has 2 aliphatic heterocycles. The number of amides is 4. The van der Waals surface area contributed by atoms with Crippen LogP contribution in [0, 0.1) is 5.92 Å². The predicted octanol–water partition coefficient (Wildman–Crippen LogP) is 3.36. The number of carbonyl (C=O) groups is 5. The lowest BCUT2D eigenvalue weighted by Crippen LogP contribution is -2.58. The second kappa shape index (κ2) is 16.6. The van der Waals surface area contributed by atoms with E-state index < -0.39 is 86.4 Å². The van der Waals surface area contributed by atoms with Crippen LogP contribution in [0.25, 0.3) is 10.8 Å². The van der Waals surface area contributed by atoms with Gasteiger partial charge in [-0.3, -0.25) is 19.1 Å². The first-order valence-electron chi connectivity index (χ1n) is 19.0. The lowest BCUT2D eigenvalue weighted by Gasteiger charge is -2.30. The van der Waals surface area contributed by atoms with E-state index >= 15 is 0 Å². The molecule has 4 amide bonds. The summed E-state index contributed by atoms with van der Waals surface area (Å²) in [5.41, 5.74) is -2.54. The second-order valence-electron chi connectivity index (χ2n) is 15.7. The van der Waals surface area contributed by atoms with E-state index in [1.165, 1.54) is 17.1 Å². The van der Waals surface area contributed by atoms with E-state index in [1.54, 1.807) is 83.5 Å². The molecule has 17 heteroatoms. The van der Waals surface area contributed by atoms with Gasteiger partial charge in [-0.15, -0.1) is 0 Å². The number of allylic oxidation sites excluding steroid dienone is 3. The molecule has 6 rings (SSSR count). The highest BCUT2D eigenvalue weighted by atomic mass is 32.2. The van der Waals surface area contributed by atoms with Crippen LogP contribution in [-0.4, -0.2) is 102 Å². The lowest BCUT2D eigenvalue weighted by molar-refractivity contribution is -0.142. The van der Waals surface area contributed by atoms with Gasteiger partial charge in [-0.1, -0.05) is 24.3 Å². The Hall–Kier alpha value is -5.45. The number of aromatic nitrogens is 1. The van der Waals surface area contributed by atoms with Crippen molar-refractivity contribution >= 4 is 50.6 Å². The van der Waals surface area contributed by atoms with Gasteiger partial charge >= 0.3 is 12.1 Å². The molecule has 0 bridgehead atoms. The number of hydrogen-bond acceptors (Lipinski definition) is 12. The summed E-state index contributed by atoms with van der Waals surface area (Å²) in [4.78, 5) is 74.3. The highest BCUT2D eigenvalue weighted by Gasteiger charge is 2.62. The molecule has 4 aliphatic rings. The number of rotatable bonds is 9. The maximum absolute atomic E-state index is 14.7. The van der Waals surface area contributed by atoms with Crippen LogP contribution in [0.1, 0.15) is 66.2 Å². The fourth-order valence-corrected chi connectivity index (χ4v) is 8.36. The fourth-order valence-electron chi connectivity index (χ4n) is 6.99. The third-order valence-corrected chi connectivity index (χ3v) is 11.9. The molecule has 57 heavy (non-hydrogen) atoms. The molecule has 2 saturated carbocycles. The Kier molecular flexibility index (Phi) is 12.0. The van der Waals surface area contributed by atoms with E-state index in [4.69, 9.17) is 18.9 Å². The normalized spacial score (nSPS) is 27.8.